The minimum Gasteiger partial charge on any atom is -0.396 e. The molecule has 0 fully saturated rings. The van der Waals surface area contributed by atoms with Crippen molar-refractivity contribution in [3.05, 3.63) is 11.6 Å². The molecular formula is C11H18O2. The Labute approximate surface area is 79.6 Å². The maximum absolute atomic E-state index is 11.3. The Kier molecular flexibility index (Phi) is 2.91. The van der Waals surface area contributed by atoms with E-state index < -0.39 is 0 Å². The number of carbonyl (C=O) groups is 1. The Morgan fingerprint density at radius 3 is 2.69 bits per heavy atom. The van der Waals surface area contributed by atoms with Gasteiger partial charge in [0.2, 0.25) is 0 Å². The molecule has 1 aliphatic carbocycles. The number of aliphatic hydroxyl groups is 1. The molecule has 1 atom stereocenters. The van der Waals surface area contributed by atoms with Crippen molar-refractivity contribution < 1.29 is 9.90 Å². The molecule has 13 heavy (non-hydrogen) atoms. The van der Waals surface area contributed by atoms with E-state index in [9.17, 15) is 4.79 Å². The van der Waals surface area contributed by atoms with Gasteiger partial charge in [0.05, 0.1) is 0 Å². The molecule has 0 aromatic carbocycles. The van der Waals surface area contributed by atoms with Crippen LogP contribution in [0.3, 0.4) is 0 Å². The second-order valence-corrected chi connectivity index (χ2v) is 4.58. The number of hydrogen-bond donors (Lipinski definition) is 1. The van der Waals surface area contributed by atoms with Gasteiger partial charge in [-0.25, -0.2) is 0 Å². The van der Waals surface area contributed by atoms with Crippen LogP contribution in [0, 0.1) is 11.3 Å². The van der Waals surface area contributed by atoms with Gasteiger partial charge < -0.3 is 5.11 Å². The largest absolute Gasteiger partial charge is 0.396 e. The van der Waals surface area contributed by atoms with Gasteiger partial charge in [0, 0.05) is 13.0 Å². The van der Waals surface area contributed by atoms with E-state index in [0.29, 0.717) is 12.3 Å². The van der Waals surface area contributed by atoms with E-state index >= 15 is 0 Å². The van der Waals surface area contributed by atoms with Gasteiger partial charge in [0.15, 0.2) is 5.78 Å². The third-order valence-corrected chi connectivity index (χ3v) is 2.93. The molecule has 0 bridgehead atoms. The van der Waals surface area contributed by atoms with Crippen LogP contribution in [-0.4, -0.2) is 17.5 Å². The maximum atomic E-state index is 11.3. The van der Waals surface area contributed by atoms with Gasteiger partial charge in [0.1, 0.15) is 0 Å². The summed E-state index contributed by atoms with van der Waals surface area (Å²) in [6, 6.07) is 0. The molecule has 1 aliphatic rings. The quantitative estimate of drug-likeness (QED) is 0.708. The summed E-state index contributed by atoms with van der Waals surface area (Å²) in [7, 11) is 0. The first-order valence-corrected chi connectivity index (χ1v) is 4.79. The van der Waals surface area contributed by atoms with Crippen molar-refractivity contribution in [3.63, 3.8) is 0 Å². The van der Waals surface area contributed by atoms with E-state index in [1.165, 1.54) is 0 Å². The highest BCUT2D eigenvalue weighted by atomic mass is 16.3. The van der Waals surface area contributed by atoms with Crippen molar-refractivity contribution in [1.29, 1.82) is 0 Å². The van der Waals surface area contributed by atoms with Gasteiger partial charge in [-0.2, -0.15) is 0 Å². The van der Waals surface area contributed by atoms with Crippen molar-refractivity contribution in [2.45, 2.75) is 33.6 Å². The Morgan fingerprint density at radius 2 is 2.23 bits per heavy atom. The fraction of sp³-hybridized carbons (Fsp3) is 0.727. The topological polar surface area (TPSA) is 37.3 Å². The summed E-state index contributed by atoms with van der Waals surface area (Å²) in [5.41, 5.74) is 1.13. The molecule has 1 unspecified atom stereocenters. The fourth-order valence-corrected chi connectivity index (χ4v) is 2.34. The van der Waals surface area contributed by atoms with Crippen LogP contribution in [0.2, 0.25) is 0 Å². The standard InChI is InChI=1S/C11H18O2/c1-8-6-9(13)7-11(2,3)10(8)4-5-12/h6,10,12H,4-5,7H2,1-3H3. The predicted octanol–water partition coefficient (Wildman–Crippen LogP) is 1.93. The summed E-state index contributed by atoms with van der Waals surface area (Å²) in [6.45, 7) is 6.38. The molecule has 2 nitrogen and oxygen atoms in total. The molecule has 0 amide bonds. The highest BCUT2D eigenvalue weighted by molar-refractivity contribution is 5.91. The third kappa shape index (κ3) is 2.19. The van der Waals surface area contributed by atoms with Crippen molar-refractivity contribution >= 4 is 5.78 Å². The third-order valence-electron chi connectivity index (χ3n) is 2.93. The molecule has 0 aromatic rings. The number of allylic oxidation sites excluding steroid dienone is 2. The van der Waals surface area contributed by atoms with Crippen LogP contribution in [0.1, 0.15) is 33.6 Å². The zero-order chi connectivity index (χ0) is 10.1. The lowest BCUT2D eigenvalue weighted by Gasteiger charge is -2.37. The van der Waals surface area contributed by atoms with E-state index in [2.05, 4.69) is 13.8 Å². The highest BCUT2D eigenvalue weighted by Crippen LogP contribution is 2.41. The minimum absolute atomic E-state index is 0.0125. The number of ketones is 1. The summed E-state index contributed by atoms with van der Waals surface area (Å²) in [4.78, 5) is 11.3. The first-order chi connectivity index (χ1) is 5.97. The lowest BCUT2D eigenvalue weighted by Crippen LogP contribution is -2.32. The Morgan fingerprint density at radius 1 is 1.62 bits per heavy atom. The molecular weight excluding hydrogens is 164 g/mol. The van der Waals surface area contributed by atoms with Gasteiger partial charge in [-0.05, 0) is 30.8 Å². The molecule has 0 heterocycles. The fourth-order valence-electron chi connectivity index (χ4n) is 2.34. The number of hydrogen-bond acceptors (Lipinski definition) is 2. The van der Waals surface area contributed by atoms with Crippen LogP contribution in [0.25, 0.3) is 0 Å². The van der Waals surface area contributed by atoms with Crippen LogP contribution in [0.5, 0.6) is 0 Å². The zero-order valence-corrected chi connectivity index (χ0v) is 8.63. The lowest BCUT2D eigenvalue weighted by molar-refractivity contribution is -0.118. The van der Waals surface area contributed by atoms with Crippen LogP contribution in [0.15, 0.2) is 11.6 Å². The Hall–Kier alpha value is -0.630. The predicted molar refractivity (Wildman–Crippen MR) is 52.4 cm³/mol. The van der Waals surface area contributed by atoms with Crippen molar-refractivity contribution in [3.8, 4) is 0 Å². The van der Waals surface area contributed by atoms with Crippen LogP contribution in [-0.2, 0) is 4.79 Å². The number of aliphatic hydroxyl groups excluding tert-OH is 1. The summed E-state index contributed by atoms with van der Waals surface area (Å²) >= 11 is 0. The van der Waals surface area contributed by atoms with Crippen LogP contribution < -0.4 is 0 Å². The first kappa shape index (κ1) is 10.5. The molecule has 0 aromatic heterocycles. The van der Waals surface area contributed by atoms with E-state index in [-0.39, 0.29) is 17.8 Å². The van der Waals surface area contributed by atoms with Gasteiger partial charge in [-0.1, -0.05) is 19.4 Å². The summed E-state index contributed by atoms with van der Waals surface area (Å²) in [5.74, 6) is 0.576. The molecule has 1 N–H and O–H groups in total. The van der Waals surface area contributed by atoms with Gasteiger partial charge in [0.25, 0.3) is 0 Å². The molecule has 0 saturated carbocycles. The Bertz CT molecular complexity index is 238. The molecule has 0 saturated heterocycles. The van der Waals surface area contributed by atoms with E-state index in [1.807, 2.05) is 6.92 Å². The Balaban J connectivity index is 2.89. The van der Waals surface area contributed by atoms with Crippen molar-refractivity contribution in [2.24, 2.45) is 11.3 Å². The summed E-state index contributed by atoms with van der Waals surface area (Å²) in [5, 5.41) is 8.92. The zero-order valence-electron chi connectivity index (χ0n) is 8.63. The normalized spacial score (nSPS) is 27.2. The molecule has 0 radical (unpaired) electrons. The molecule has 0 spiro atoms. The minimum atomic E-state index is 0.0125. The summed E-state index contributed by atoms with van der Waals surface area (Å²) in [6.07, 6.45) is 3.10. The monoisotopic (exact) mass is 182 g/mol. The molecule has 74 valence electrons. The van der Waals surface area contributed by atoms with E-state index in [1.54, 1.807) is 6.08 Å². The van der Waals surface area contributed by atoms with E-state index in [0.717, 1.165) is 12.0 Å². The molecule has 0 aliphatic heterocycles. The molecule has 2 heteroatoms. The van der Waals surface area contributed by atoms with Gasteiger partial charge in [-0.15, -0.1) is 0 Å². The second-order valence-electron chi connectivity index (χ2n) is 4.58. The van der Waals surface area contributed by atoms with Crippen molar-refractivity contribution in [2.75, 3.05) is 6.61 Å². The van der Waals surface area contributed by atoms with E-state index in [4.69, 9.17) is 5.11 Å². The average molecular weight is 182 g/mol. The smallest absolute Gasteiger partial charge is 0.156 e. The second kappa shape index (κ2) is 3.62. The van der Waals surface area contributed by atoms with Crippen LogP contribution >= 0.6 is 0 Å². The van der Waals surface area contributed by atoms with Gasteiger partial charge >= 0.3 is 0 Å². The maximum Gasteiger partial charge on any atom is 0.156 e. The highest BCUT2D eigenvalue weighted by Gasteiger charge is 2.35. The molecule has 1 rings (SSSR count). The van der Waals surface area contributed by atoms with Crippen molar-refractivity contribution in [1.82, 2.24) is 0 Å². The average Bonchev–Trinajstić information content (AvgIpc) is 1.95. The number of carbonyl (C=O) groups excluding carboxylic acids is 1. The SMILES string of the molecule is CC1=CC(=O)CC(C)(C)C1CCO. The first-order valence-electron chi connectivity index (χ1n) is 4.79. The van der Waals surface area contributed by atoms with Crippen LogP contribution in [0.4, 0.5) is 0 Å². The number of rotatable bonds is 2. The van der Waals surface area contributed by atoms with Gasteiger partial charge in [-0.3, -0.25) is 4.79 Å². The summed E-state index contributed by atoms with van der Waals surface area (Å²) < 4.78 is 0. The lowest BCUT2D eigenvalue weighted by atomic mass is 9.67.